The van der Waals surface area contributed by atoms with Crippen LogP contribution in [0.15, 0.2) is 53.0 Å². The van der Waals surface area contributed by atoms with Gasteiger partial charge in [0, 0.05) is 16.5 Å². The second-order valence-electron chi connectivity index (χ2n) is 3.96. The first-order valence-corrected chi connectivity index (χ1v) is 6.40. The maximum Gasteiger partial charge on any atom is 0.167 e. The predicted octanol–water partition coefficient (Wildman–Crippen LogP) is 3.88. The van der Waals surface area contributed by atoms with E-state index in [1.165, 1.54) is 0 Å². The van der Waals surface area contributed by atoms with Gasteiger partial charge in [0.25, 0.3) is 0 Å². The van der Waals surface area contributed by atoms with E-state index in [2.05, 4.69) is 15.9 Å². The summed E-state index contributed by atoms with van der Waals surface area (Å²) in [6, 6.07) is 15.0. The van der Waals surface area contributed by atoms with E-state index < -0.39 is 0 Å². The summed E-state index contributed by atoms with van der Waals surface area (Å²) in [5.41, 5.74) is 1.67. The molecule has 3 heteroatoms. The first-order chi connectivity index (χ1) is 8.69. The second-order valence-corrected chi connectivity index (χ2v) is 4.88. The third kappa shape index (κ3) is 3.20. The molecule has 0 bridgehead atoms. The van der Waals surface area contributed by atoms with E-state index in [0.29, 0.717) is 12.0 Å². The Balaban J connectivity index is 2.16. The molecular formula is C15H13BrO2. The topological polar surface area (TPSA) is 26.3 Å². The molecule has 0 amide bonds. The fourth-order valence-electron chi connectivity index (χ4n) is 1.73. The lowest BCUT2D eigenvalue weighted by Crippen LogP contribution is -2.03. The van der Waals surface area contributed by atoms with Crippen molar-refractivity contribution in [3.63, 3.8) is 0 Å². The predicted molar refractivity (Wildman–Crippen MR) is 75.2 cm³/mol. The van der Waals surface area contributed by atoms with E-state index >= 15 is 0 Å². The van der Waals surface area contributed by atoms with Gasteiger partial charge in [-0.05, 0) is 29.8 Å². The minimum atomic E-state index is 0.101. The molecule has 0 heterocycles. The number of benzene rings is 2. The van der Waals surface area contributed by atoms with Crippen LogP contribution < -0.4 is 4.74 Å². The van der Waals surface area contributed by atoms with Crippen LogP contribution in [0.25, 0.3) is 0 Å². The van der Waals surface area contributed by atoms with Crippen molar-refractivity contribution in [1.29, 1.82) is 0 Å². The number of hydrogen-bond donors (Lipinski definition) is 0. The highest BCUT2D eigenvalue weighted by Crippen LogP contribution is 2.17. The first kappa shape index (κ1) is 12.8. The molecule has 0 radical (unpaired) electrons. The fourth-order valence-corrected chi connectivity index (χ4v) is 2.13. The lowest BCUT2D eigenvalue weighted by atomic mass is 10.0. The molecule has 0 spiro atoms. The Morgan fingerprint density at radius 1 is 1.17 bits per heavy atom. The highest BCUT2D eigenvalue weighted by Gasteiger charge is 2.07. The maximum absolute atomic E-state index is 12.1. The molecule has 0 saturated heterocycles. The summed E-state index contributed by atoms with van der Waals surface area (Å²) in [5, 5.41) is 0. The van der Waals surface area contributed by atoms with Crippen LogP contribution in [-0.2, 0) is 6.42 Å². The van der Waals surface area contributed by atoms with E-state index in [0.717, 1.165) is 15.8 Å². The van der Waals surface area contributed by atoms with E-state index in [1.54, 1.807) is 7.11 Å². The Hall–Kier alpha value is -1.61. The van der Waals surface area contributed by atoms with Gasteiger partial charge in [0.1, 0.15) is 5.75 Å². The van der Waals surface area contributed by atoms with Crippen LogP contribution in [0.5, 0.6) is 5.75 Å². The smallest absolute Gasteiger partial charge is 0.167 e. The van der Waals surface area contributed by atoms with Gasteiger partial charge in [-0.25, -0.2) is 0 Å². The molecule has 0 saturated carbocycles. The van der Waals surface area contributed by atoms with E-state index in [-0.39, 0.29) is 5.78 Å². The molecule has 2 nitrogen and oxygen atoms in total. The molecule has 0 aliphatic carbocycles. The SMILES string of the molecule is COc1cccc(CC(=O)c2cccc(Br)c2)c1. The van der Waals surface area contributed by atoms with E-state index in [9.17, 15) is 4.79 Å². The quantitative estimate of drug-likeness (QED) is 0.801. The summed E-state index contributed by atoms with van der Waals surface area (Å²) in [5.74, 6) is 0.874. The van der Waals surface area contributed by atoms with Crippen LogP contribution in [0.1, 0.15) is 15.9 Å². The number of halogens is 1. The number of Topliss-reactive ketones (excluding diaryl/α,β-unsaturated/α-hetero) is 1. The van der Waals surface area contributed by atoms with Crippen molar-refractivity contribution in [3.05, 3.63) is 64.1 Å². The number of rotatable bonds is 4. The number of carbonyl (C=O) groups excluding carboxylic acids is 1. The normalized spacial score (nSPS) is 10.1. The Labute approximate surface area is 115 Å². The fraction of sp³-hybridized carbons (Fsp3) is 0.133. The Morgan fingerprint density at radius 3 is 2.67 bits per heavy atom. The zero-order valence-corrected chi connectivity index (χ0v) is 11.6. The average Bonchev–Trinajstić information content (AvgIpc) is 2.39. The molecule has 0 aromatic heterocycles. The molecule has 0 N–H and O–H groups in total. The monoisotopic (exact) mass is 304 g/mol. The Kier molecular flexibility index (Phi) is 4.15. The van der Waals surface area contributed by atoms with E-state index in [4.69, 9.17) is 4.74 Å². The third-order valence-corrected chi connectivity index (χ3v) is 3.14. The Morgan fingerprint density at radius 2 is 1.94 bits per heavy atom. The largest absolute Gasteiger partial charge is 0.497 e. The third-order valence-electron chi connectivity index (χ3n) is 2.65. The minimum Gasteiger partial charge on any atom is -0.497 e. The van der Waals surface area contributed by atoms with Gasteiger partial charge in [-0.15, -0.1) is 0 Å². The lowest BCUT2D eigenvalue weighted by molar-refractivity contribution is 0.0993. The van der Waals surface area contributed by atoms with Gasteiger partial charge >= 0.3 is 0 Å². The summed E-state index contributed by atoms with van der Waals surface area (Å²) in [6.07, 6.45) is 0.383. The molecule has 92 valence electrons. The standard InChI is InChI=1S/C15H13BrO2/c1-18-14-7-2-4-11(8-14)9-15(17)12-5-3-6-13(16)10-12/h2-8,10H,9H2,1H3. The second kappa shape index (κ2) is 5.83. The molecule has 0 atom stereocenters. The zero-order valence-electron chi connectivity index (χ0n) is 10.0. The van der Waals surface area contributed by atoms with Gasteiger partial charge in [-0.3, -0.25) is 4.79 Å². The number of methoxy groups -OCH3 is 1. The summed E-state index contributed by atoms with van der Waals surface area (Å²) in [6.45, 7) is 0. The molecule has 18 heavy (non-hydrogen) atoms. The maximum atomic E-state index is 12.1. The van der Waals surface area contributed by atoms with Crippen LogP contribution in [0.2, 0.25) is 0 Å². The molecule has 0 fully saturated rings. The first-order valence-electron chi connectivity index (χ1n) is 5.61. The van der Waals surface area contributed by atoms with Crippen molar-refractivity contribution >= 4 is 21.7 Å². The van der Waals surface area contributed by atoms with Gasteiger partial charge in [-0.1, -0.05) is 40.2 Å². The van der Waals surface area contributed by atoms with Crippen molar-refractivity contribution in [2.24, 2.45) is 0 Å². The van der Waals surface area contributed by atoms with Crippen molar-refractivity contribution in [3.8, 4) is 5.75 Å². The van der Waals surface area contributed by atoms with Crippen molar-refractivity contribution in [2.45, 2.75) is 6.42 Å². The van der Waals surface area contributed by atoms with Crippen LogP contribution in [0.3, 0.4) is 0 Å². The van der Waals surface area contributed by atoms with Gasteiger partial charge in [0.05, 0.1) is 7.11 Å². The average molecular weight is 305 g/mol. The molecular weight excluding hydrogens is 292 g/mol. The molecule has 2 aromatic rings. The number of hydrogen-bond acceptors (Lipinski definition) is 2. The van der Waals surface area contributed by atoms with Gasteiger partial charge in [-0.2, -0.15) is 0 Å². The summed E-state index contributed by atoms with van der Waals surface area (Å²) in [4.78, 5) is 12.1. The molecule has 0 unspecified atom stereocenters. The van der Waals surface area contributed by atoms with Crippen molar-refractivity contribution in [2.75, 3.05) is 7.11 Å². The Bertz CT molecular complexity index is 564. The van der Waals surface area contributed by atoms with Gasteiger partial charge in [0.15, 0.2) is 5.78 Å². The molecule has 2 rings (SSSR count). The highest BCUT2D eigenvalue weighted by molar-refractivity contribution is 9.10. The number of carbonyl (C=O) groups is 1. The minimum absolute atomic E-state index is 0.101. The summed E-state index contributed by atoms with van der Waals surface area (Å²) >= 11 is 3.37. The number of ether oxygens (including phenoxy) is 1. The van der Waals surface area contributed by atoms with Crippen molar-refractivity contribution in [1.82, 2.24) is 0 Å². The van der Waals surface area contributed by atoms with Gasteiger partial charge < -0.3 is 4.74 Å². The summed E-state index contributed by atoms with van der Waals surface area (Å²) < 4.78 is 6.06. The molecule has 0 aliphatic heterocycles. The summed E-state index contributed by atoms with van der Waals surface area (Å²) in [7, 11) is 1.62. The van der Waals surface area contributed by atoms with Crippen molar-refractivity contribution < 1.29 is 9.53 Å². The number of ketones is 1. The van der Waals surface area contributed by atoms with Crippen LogP contribution in [0.4, 0.5) is 0 Å². The zero-order chi connectivity index (χ0) is 13.0. The van der Waals surface area contributed by atoms with E-state index in [1.807, 2.05) is 48.5 Å². The van der Waals surface area contributed by atoms with Crippen LogP contribution in [0, 0.1) is 0 Å². The van der Waals surface area contributed by atoms with Gasteiger partial charge in [0.2, 0.25) is 0 Å². The molecule has 2 aromatic carbocycles. The lowest BCUT2D eigenvalue weighted by Gasteiger charge is -2.04. The molecule has 0 aliphatic rings. The van der Waals surface area contributed by atoms with Crippen LogP contribution in [-0.4, -0.2) is 12.9 Å². The van der Waals surface area contributed by atoms with Crippen LogP contribution >= 0.6 is 15.9 Å². The highest BCUT2D eigenvalue weighted by atomic mass is 79.9.